The summed E-state index contributed by atoms with van der Waals surface area (Å²) in [5, 5.41) is 4.98. The number of hydrogen-bond donors (Lipinski definition) is 2. The maximum atomic E-state index is 12.5. The summed E-state index contributed by atoms with van der Waals surface area (Å²) in [5.41, 5.74) is -0.279. The fraction of sp³-hybridized carbons (Fsp3) is 0.444. The second-order valence-electron chi connectivity index (χ2n) is 6.57. The van der Waals surface area contributed by atoms with Crippen LogP contribution in [0.5, 0.6) is 0 Å². The molecule has 2 amide bonds. The lowest BCUT2D eigenvalue weighted by Gasteiger charge is -2.22. The predicted molar refractivity (Wildman–Crippen MR) is 94.5 cm³/mol. The van der Waals surface area contributed by atoms with Gasteiger partial charge in [0, 0.05) is 6.92 Å². The fourth-order valence-corrected chi connectivity index (χ4v) is 2.10. The minimum absolute atomic E-state index is 0.154. The maximum absolute atomic E-state index is 12.5. The topological polar surface area (TPSA) is 111 Å². The second-order valence-corrected chi connectivity index (χ2v) is 6.57. The first-order valence-corrected chi connectivity index (χ1v) is 8.00. The SMILES string of the molecule is COC(=O)[C@@H](CC(=O)OC(C)(C)C)NC(=O)c1ccccc1NC(C)=O. The summed E-state index contributed by atoms with van der Waals surface area (Å²) in [7, 11) is 1.15. The number of para-hydroxylation sites is 1. The number of anilines is 1. The third kappa shape index (κ3) is 6.92. The highest BCUT2D eigenvalue weighted by atomic mass is 16.6. The molecule has 0 aliphatic heterocycles. The van der Waals surface area contributed by atoms with Gasteiger partial charge in [-0.15, -0.1) is 0 Å². The van der Waals surface area contributed by atoms with Crippen molar-refractivity contribution < 1.29 is 28.7 Å². The van der Waals surface area contributed by atoms with Crippen LogP contribution in [0.2, 0.25) is 0 Å². The van der Waals surface area contributed by atoms with E-state index >= 15 is 0 Å². The van der Waals surface area contributed by atoms with Gasteiger partial charge in [-0.2, -0.15) is 0 Å². The van der Waals surface area contributed by atoms with Crippen molar-refractivity contribution in [3.05, 3.63) is 29.8 Å². The normalized spacial score (nSPS) is 11.9. The molecule has 0 aromatic heterocycles. The molecular formula is C18H24N2O6. The Morgan fingerprint density at radius 3 is 2.27 bits per heavy atom. The van der Waals surface area contributed by atoms with Crippen molar-refractivity contribution in [3.63, 3.8) is 0 Å². The van der Waals surface area contributed by atoms with Crippen molar-refractivity contribution in [1.29, 1.82) is 0 Å². The van der Waals surface area contributed by atoms with E-state index in [1.807, 2.05) is 0 Å². The Morgan fingerprint density at radius 2 is 1.73 bits per heavy atom. The van der Waals surface area contributed by atoms with Gasteiger partial charge in [-0.25, -0.2) is 4.79 Å². The molecule has 0 aliphatic rings. The van der Waals surface area contributed by atoms with E-state index in [1.54, 1.807) is 39.0 Å². The predicted octanol–water partition coefficient (Wildman–Crippen LogP) is 1.65. The van der Waals surface area contributed by atoms with Crippen LogP contribution >= 0.6 is 0 Å². The minimum atomic E-state index is -1.22. The number of benzene rings is 1. The Labute approximate surface area is 152 Å². The van der Waals surface area contributed by atoms with E-state index in [-0.39, 0.29) is 17.9 Å². The van der Waals surface area contributed by atoms with Crippen molar-refractivity contribution in [2.24, 2.45) is 0 Å². The molecule has 0 aliphatic carbocycles. The van der Waals surface area contributed by atoms with Crippen LogP contribution < -0.4 is 10.6 Å². The molecule has 1 atom stereocenters. The zero-order valence-corrected chi connectivity index (χ0v) is 15.5. The molecule has 8 heteroatoms. The molecular weight excluding hydrogens is 340 g/mol. The van der Waals surface area contributed by atoms with Crippen LogP contribution in [-0.2, 0) is 23.9 Å². The van der Waals surface area contributed by atoms with E-state index in [0.717, 1.165) is 7.11 Å². The molecule has 0 saturated heterocycles. The van der Waals surface area contributed by atoms with Crippen LogP contribution in [0.25, 0.3) is 0 Å². The quantitative estimate of drug-likeness (QED) is 0.743. The molecule has 26 heavy (non-hydrogen) atoms. The number of hydrogen-bond acceptors (Lipinski definition) is 6. The van der Waals surface area contributed by atoms with Gasteiger partial charge in [-0.3, -0.25) is 14.4 Å². The molecule has 1 aromatic carbocycles. The Kier molecular flexibility index (Phi) is 7.30. The molecule has 142 valence electrons. The Balaban J connectivity index is 2.95. The van der Waals surface area contributed by atoms with Crippen molar-refractivity contribution >= 4 is 29.4 Å². The summed E-state index contributed by atoms with van der Waals surface area (Å²) in [6, 6.07) is 5.09. The number of carbonyl (C=O) groups is 4. The van der Waals surface area contributed by atoms with Gasteiger partial charge in [0.15, 0.2) is 0 Å². The number of methoxy groups -OCH3 is 1. The van der Waals surface area contributed by atoms with Crippen molar-refractivity contribution in [1.82, 2.24) is 5.32 Å². The number of carbonyl (C=O) groups excluding carboxylic acids is 4. The standard InChI is InChI=1S/C18H24N2O6/c1-11(21)19-13-9-7-6-8-12(13)16(23)20-14(17(24)25-5)10-15(22)26-18(2,3)4/h6-9,14H,10H2,1-5H3,(H,19,21)(H,20,23)/t14-/m1/s1. The molecule has 0 bridgehead atoms. The Morgan fingerprint density at radius 1 is 1.12 bits per heavy atom. The van der Waals surface area contributed by atoms with E-state index < -0.39 is 29.5 Å². The van der Waals surface area contributed by atoms with Crippen LogP contribution in [0.15, 0.2) is 24.3 Å². The van der Waals surface area contributed by atoms with Crippen LogP contribution in [0.1, 0.15) is 44.5 Å². The number of esters is 2. The zero-order valence-electron chi connectivity index (χ0n) is 15.5. The van der Waals surface area contributed by atoms with E-state index in [2.05, 4.69) is 15.4 Å². The number of nitrogens with one attached hydrogen (secondary N) is 2. The largest absolute Gasteiger partial charge is 0.467 e. The zero-order chi connectivity index (χ0) is 19.9. The molecule has 1 rings (SSSR count). The minimum Gasteiger partial charge on any atom is -0.467 e. The third-order valence-electron chi connectivity index (χ3n) is 3.06. The fourth-order valence-electron chi connectivity index (χ4n) is 2.10. The van der Waals surface area contributed by atoms with Crippen molar-refractivity contribution in [3.8, 4) is 0 Å². The maximum Gasteiger partial charge on any atom is 0.328 e. The third-order valence-corrected chi connectivity index (χ3v) is 3.06. The summed E-state index contributed by atoms with van der Waals surface area (Å²) in [6.07, 6.45) is -0.377. The highest BCUT2D eigenvalue weighted by Crippen LogP contribution is 2.16. The smallest absolute Gasteiger partial charge is 0.328 e. The summed E-state index contributed by atoms with van der Waals surface area (Å²) in [4.78, 5) is 47.7. The lowest BCUT2D eigenvalue weighted by Crippen LogP contribution is -2.44. The average Bonchev–Trinajstić information content (AvgIpc) is 2.51. The van der Waals surface area contributed by atoms with Gasteiger partial charge in [-0.1, -0.05) is 12.1 Å². The average molecular weight is 364 g/mol. The van der Waals surface area contributed by atoms with E-state index in [9.17, 15) is 19.2 Å². The summed E-state index contributed by atoms with van der Waals surface area (Å²) >= 11 is 0. The molecule has 8 nitrogen and oxygen atoms in total. The van der Waals surface area contributed by atoms with E-state index in [1.165, 1.54) is 13.0 Å². The monoisotopic (exact) mass is 364 g/mol. The van der Waals surface area contributed by atoms with Crippen molar-refractivity contribution in [2.45, 2.75) is 45.8 Å². The van der Waals surface area contributed by atoms with E-state index in [0.29, 0.717) is 5.69 Å². The van der Waals surface area contributed by atoms with Crippen molar-refractivity contribution in [2.75, 3.05) is 12.4 Å². The van der Waals surface area contributed by atoms with Crippen LogP contribution in [0.4, 0.5) is 5.69 Å². The summed E-state index contributed by atoms with van der Waals surface area (Å²) in [5.74, 6) is -2.40. The van der Waals surface area contributed by atoms with Gasteiger partial charge in [0.05, 0.1) is 24.8 Å². The second kappa shape index (κ2) is 8.98. The summed E-state index contributed by atoms with van der Waals surface area (Å²) < 4.78 is 9.82. The highest BCUT2D eigenvalue weighted by molar-refractivity contribution is 6.04. The van der Waals surface area contributed by atoms with Gasteiger partial charge in [0.2, 0.25) is 5.91 Å². The molecule has 0 heterocycles. The summed E-state index contributed by atoms with van der Waals surface area (Å²) in [6.45, 7) is 6.40. The molecule has 0 radical (unpaired) electrons. The molecule has 0 fully saturated rings. The van der Waals surface area contributed by atoms with Crippen LogP contribution in [0, 0.1) is 0 Å². The molecule has 2 N–H and O–H groups in total. The van der Waals surface area contributed by atoms with Crippen LogP contribution in [-0.4, -0.2) is 42.5 Å². The van der Waals surface area contributed by atoms with Gasteiger partial charge in [-0.05, 0) is 32.9 Å². The van der Waals surface area contributed by atoms with Crippen LogP contribution in [0.3, 0.4) is 0 Å². The Bertz CT molecular complexity index is 693. The molecule has 0 spiro atoms. The van der Waals surface area contributed by atoms with Gasteiger partial charge in [0.1, 0.15) is 11.6 Å². The highest BCUT2D eigenvalue weighted by Gasteiger charge is 2.28. The first-order chi connectivity index (χ1) is 12.0. The number of ether oxygens (including phenoxy) is 2. The lowest BCUT2D eigenvalue weighted by atomic mass is 10.1. The number of rotatable bonds is 6. The molecule has 1 aromatic rings. The Hall–Kier alpha value is -2.90. The van der Waals surface area contributed by atoms with Gasteiger partial charge >= 0.3 is 11.9 Å². The lowest BCUT2D eigenvalue weighted by molar-refractivity contribution is -0.158. The van der Waals surface area contributed by atoms with E-state index in [4.69, 9.17) is 4.74 Å². The number of amides is 2. The first-order valence-electron chi connectivity index (χ1n) is 8.00. The first kappa shape index (κ1) is 21.1. The van der Waals surface area contributed by atoms with Gasteiger partial charge in [0.25, 0.3) is 5.91 Å². The molecule has 0 saturated carbocycles. The molecule has 0 unspecified atom stereocenters. The van der Waals surface area contributed by atoms with Gasteiger partial charge < -0.3 is 20.1 Å².